The van der Waals surface area contributed by atoms with Gasteiger partial charge in [-0.05, 0) is 18.2 Å². The number of esters is 1. The van der Waals surface area contributed by atoms with Gasteiger partial charge < -0.3 is 4.74 Å². The lowest BCUT2D eigenvalue weighted by molar-refractivity contribution is -0.384. The lowest BCUT2D eigenvalue weighted by atomic mass is 10.2. The Labute approximate surface area is 156 Å². The SMILES string of the molecule is O=C(Cc1csc(-c2cccc(F)c2)n1)Oc1ccc([N+](=O)[O-])cc1Cl. The lowest BCUT2D eigenvalue weighted by Gasteiger charge is -2.05. The zero-order valence-corrected chi connectivity index (χ0v) is 14.6. The molecule has 26 heavy (non-hydrogen) atoms. The van der Waals surface area contributed by atoms with E-state index in [2.05, 4.69) is 4.98 Å². The highest BCUT2D eigenvalue weighted by Crippen LogP contribution is 2.29. The molecule has 2 aromatic carbocycles. The maximum atomic E-state index is 13.3. The van der Waals surface area contributed by atoms with Crippen LogP contribution in [0.5, 0.6) is 5.75 Å². The number of non-ortho nitro benzene ring substituents is 1. The standard InChI is InChI=1S/C17H10ClFN2O4S/c18-14-8-13(21(23)24)4-5-15(14)25-16(22)7-12-9-26-17(20-12)10-2-1-3-11(19)6-10/h1-6,8-9H,7H2. The molecule has 0 aliphatic heterocycles. The Morgan fingerprint density at radius 2 is 2.12 bits per heavy atom. The van der Waals surface area contributed by atoms with Crippen LogP contribution in [0.2, 0.25) is 5.02 Å². The van der Waals surface area contributed by atoms with E-state index in [9.17, 15) is 19.3 Å². The summed E-state index contributed by atoms with van der Waals surface area (Å²) in [6.45, 7) is 0. The normalized spacial score (nSPS) is 10.5. The topological polar surface area (TPSA) is 82.3 Å². The summed E-state index contributed by atoms with van der Waals surface area (Å²) in [5.41, 5.74) is 0.888. The summed E-state index contributed by atoms with van der Waals surface area (Å²) in [5.74, 6) is -0.953. The van der Waals surface area contributed by atoms with Crippen molar-refractivity contribution < 1.29 is 18.8 Å². The second kappa shape index (κ2) is 7.59. The van der Waals surface area contributed by atoms with Crippen molar-refractivity contribution in [3.63, 3.8) is 0 Å². The second-order valence-corrected chi connectivity index (χ2v) is 6.44. The van der Waals surface area contributed by atoms with E-state index in [4.69, 9.17) is 16.3 Å². The zero-order chi connectivity index (χ0) is 18.7. The van der Waals surface area contributed by atoms with Crippen LogP contribution in [0.1, 0.15) is 5.69 Å². The molecule has 9 heteroatoms. The number of hydrogen-bond acceptors (Lipinski definition) is 6. The molecule has 1 aromatic heterocycles. The number of nitro benzene ring substituents is 1. The number of ether oxygens (including phenoxy) is 1. The molecule has 3 rings (SSSR count). The van der Waals surface area contributed by atoms with Crippen molar-refractivity contribution in [1.82, 2.24) is 4.98 Å². The van der Waals surface area contributed by atoms with Crippen molar-refractivity contribution in [3.8, 4) is 16.3 Å². The number of carbonyl (C=O) groups excluding carboxylic acids is 1. The van der Waals surface area contributed by atoms with E-state index in [1.54, 1.807) is 17.5 Å². The molecular weight excluding hydrogens is 383 g/mol. The molecule has 132 valence electrons. The average molecular weight is 393 g/mol. The Kier molecular flexibility index (Phi) is 5.24. The molecule has 0 unspecified atom stereocenters. The molecule has 0 aliphatic carbocycles. The minimum absolute atomic E-state index is 0.0304. The number of rotatable bonds is 5. The first-order valence-corrected chi connectivity index (χ1v) is 8.53. The summed E-state index contributed by atoms with van der Waals surface area (Å²) in [6, 6.07) is 9.56. The van der Waals surface area contributed by atoms with E-state index < -0.39 is 10.9 Å². The van der Waals surface area contributed by atoms with Gasteiger partial charge in [-0.3, -0.25) is 14.9 Å². The zero-order valence-electron chi connectivity index (χ0n) is 13.0. The molecule has 0 atom stereocenters. The fraction of sp³-hybridized carbons (Fsp3) is 0.0588. The lowest BCUT2D eigenvalue weighted by Crippen LogP contribution is -2.11. The third-order valence-corrected chi connectivity index (χ3v) is 4.53. The van der Waals surface area contributed by atoms with Gasteiger partial charge in [0.25, 0.3) is 5.69 Å². The number of nitrogens with zero attached hydrogens (tertiary/aromatic N) is 2. The van der Waals surface area contributed by atoms with Crippen LogP contribution >= 0.6 is 22.9 Å². The number of halogens is 2. The van der Waals surface area contributed by atoms with Gasteiger partial charge in [-0.15, -0.1) is 11.3 Å². The fourth-order valence-electron chi connectivity index (χ4n) is 2.13. The number of benzene rings is 2. The van der Waals surface area contributed by atoms with Gasteiger partial charge >= 0.3 is 5.97 Å². The summed E-state index contributed by atoms with van der Waals surface area (Å²) in [5, 5.41) is 12.9. The second-order valence-electron chi connectivity index (χ2n) is 5.18. The molecule has 1 heterocycles. The van der Waals surface area contributed by atoms with Gasteiger partial charge in [0.1, 0.15) is 16.6 Å². The van der Waals surface area contributed by atoms with Crippen LogP contribution in [0.4, 0.5) is 10.1 Å². The highest BCUT2D eigenvalue weighted by molar-refractivity contribution is 7.13. The monoisotopic (exact) mass is 392 g/mol. The minimum Gasteiger partial charge on any atom is -0.425 e. The van der Waals surface area contributed by atoms with E-state index >= 15 is 0 Å². The predicted octanol–water partition coefficient (Wildman–Crippen LogP) is 4.66. The predicted molar refractivity (Wildman–Crippen MR) is 95.0 cm³/mol. The average Bonchev–Trinajstić information content (AvgIpc) is 3.05. The van der Waals surface area contributed by atoms with E-state index in [-0.39, 0.29) is 28.7 Å². The van der Waals surface area contributed by atoms with Crippen LogP contribution in [-0.2, 0) is 11.2 Å². The van der Waals surface area contributed by atoms with Crippen LogP contribution < -0.4 is 4.74 Å². The van der Waals surface area contributed by atoms with Crippen LogP contribution in [-0.4, -0.2) is 15.9 Å². The van der Waals surface area contributed by atoms with Gasteiger partial charge in [0.05, 0.1) is 22.1 Å². The van der Waals surface area contributed by atoms with Crippen molar-refractivity contribution in [1.29, 1.82) is 0 Å². The van der Waals surface area contributed by atoms with E-state index in [0.29, 0.717) is 16.3 Å². The fourth-order valence-corrected chi connectivity index (χ4v) is 3.17. The minimum atomic E-state index is -0.614. The van der Waals surface area contributed by atoms with Gasteiger partial charge in [0.15, 0.2) is 0 Å². The first kappa shape index (κ1) is 18.0. The molecule has 0 fully saturated rings. The maximum absolute atomic E-state index is 13.3. The smallest absolute Gasteiger partial charge is 0.317 e. The first-order valence-electron chi connectivity index (χ1n) is 7.27. The highest BCUT2D eigenvalue weighted by Gasteiger charge is 2.15. The number of carbonyl (C=O) groups is 1. The summed E-state index contributed by atoms with van der Waals surface area (Å²) < 4.78 is 18.4. The number of nitro groups is 1. The Morgan fingerprint density at radius 1 is 1.31 bits per heavy atom. The van der Waals surface area contributed by atoms with E-state index in [1.165, 1.54) is 35.6 Å². The Morgan fingerprint density at radius 3 is 2.81 bits per heavy atom. The Hall–Kier alpha value is -2.84. The molecule has 0 N–H and O–H groups in total. The molecule has 0 amide bonds. The summed E-state index contributed by atoms with van der Waals surface area (Å²) in [7, 11) is 0. The van der Waals surface area contributed by atoms with Crippen molar-refractivity contribution in [2.24, 2.45) is 0 Å². The maximum Gasteiger partial charge on any atom is 0.317 e. The summed E-state index contributed by atoms with van der Waals surface area (Å²) in [6.07, 6.45) is -0.112. The highest BCUT2D eigenvalue weighted by atomic mass is 35.5. The van der Waals surface area contributed by atoms with Crippen LogP contribution in [0.25, 0.3) is 10.6 Å². The van der Waals surface area contributed by atoms with E-state index in [1.807, 2.05) is 0 Å². The molecular formula is C17H10ClFN2O4S. The number of thiazole rings is 1. The molecule has 0 radical (unpaired) electrons. The van der Waals surface area contributed by atoms with Crippen LogP contribution in [0.15, 0.2) is 47.8 Å². The third-order valence-electron chi connectivity index (χ3n) is 3.30. The summed E-state index contributed by atoms with van der Waals surface area (Å²) in [4.78, 5) is 26.4. The quantitative estimate of drug-likeness (QED) is 0.273. The largest absolute Gasteiger partial charge is 0.425 e. The molecule has 6 nitrogen and oxygen atoms in total. The molecule has 0 aliphatic rings. The van der Waals surface area contributed by atoms with Gasteiger partial charge in [0, 0.05) is 23.1 Å². The molecule has 0 spiro atoms. The third kappa shape index (κ3) is 4.22. The van der Waals surface area contributed by atoms with Gasteiger partial charge in [-0.2, -0.15) is 0 Å². The van der Waals surface area contributed by atoms with E-state index in [0.717, 1.165) is 6.07 Å². The van der Waals surface area contributed by atoms with Crippen LogP contribution in [0, 0.1) is 15.9 Å². The molecule has 0 saturated carbocycles. The molecule has 0 bridgehead atoms. The van der Waals surface area contributed by atoms with Crippen molar-refractivity contribution in [2.75, 3.05) is 0 Å². The Bertz CT molecular complexity index is 992. The first-order chi connectivity index (χ1) is 12.4. The summed E-state index contributed by atoms with van der Waals surface area (Å²) >= 11 is 7.17. The van der Waals surface area contributed by atoms with Gasteiger partial charge in [-0.1, -0.05) is 23.7 Å². The number of aromatic nitrogens is 1. The number of hydrogen-bond donors (Lipinski definition) is 0. The van der Waals surface area contributed by atoms with Crippen molar-refractivity contribution in [3.05, 3.63) is 74.5 Å². The van der Waals surface area contributed by atoms with Crippen molar-refractivity contribution >= 4 is 34.6 Å². The molecule has 0 saturated heterocycles. The van der Waals surface area contributed by atoms with Gasteiger partial charge in [-0.25, -0.2) is 9.37 Å². The molecule has 3 aromatic rings. The van der Waals surface area contributed by atoms with Gasteiger partial charge in [0.2, 0.25) is 0 Å². The van der Waals surface area contributed by atoms with Crippen LogP contribution in [0.3, 0.4) is 0 Å². The Balaban J connectivity index is 1.68. The van der Waals surface area contributed by atoms with Crippen molar-refractivity contribution in [2.45, 2.75) is 6.42 Å².